The van der Waals surface area contributed by atoms with Crippen LogP contribution in [-0.4, -0.2) is 22.4 Å². The Morgan fingerprint density at radius 3 is 2.96 bits per heavy atom. The van der Waals surface area contributed by atoms with Crippen molar-refractivity contribution in [1.82, 2.24) is 15.1 Å². The highest BCUT2D eigenvalue weighted by Gasteiger charge is 2.23. The number of hydrogen-bond acceptors (Lipinski definition) is 3. The minimum Gasteiger partial charge on any atom is -0.493 e. The van der Waals surface area contributed by atoms with Crippen LogP contribution in [0.4, 0.5) is 14.9 Å². The van der Waals surface area contributed by atoms with Gasteiger partial charge < -0.3 is 15.4 Å². The van der Waals surface area contributed by atoms with Gasteiger partial charge in [-0.3, -0.25) is 4.68 Å². The van der Waals surface area contributed by atoms with E-state index in [1.54, 1.807) is 6.07 Å². The second-order valence-electron chi connectivity index (χ2n) is 6.93. The number of amides is 2. The highest BCUT2D eigenvalue weighted by Crippen LogP contribution is 2.32. The Morgan fingerprint density at radius 2 is 2.15 bits per heavy atom. The molecular formula is C20H21FN4O2. The number of rotatable bonds is 3. The standard InChI is InChI=1S/C20H21FN4O2/c1-12(2)25-18-10-15(5-3-13(18)11-22-25)23-20(26)24-17-7-8-27-19-6-4-14(21)9-16(17)19/h3-6,9-12,17H,7-8H2,1-2H3,(H2,23,24,26). The van der Waals surface area contributed by atoms with Crippen LogP contribution in [0.1, 0.15) is 37.9 Å². The molecule has 1 aliphatic heterocycles. The van der Waals surface area contributed by atoms with Crippen LogP contribution >= 0.6 is 0 Å². The summed E-state index contributed by atoms with van der Waals surface area (Å²) in [4.78, 5) is 12.5. The van der Waals surface area contributed by atoms with Gasteiger partial charge in [0, 0.05) is 29.1 Å². The number of carbonyl (C=O) groups is 1. The molecule has 0 saturated heterocycles. The van der Waals surface area contributed by atoms with E-state index in [-0.39, 0.29) is 23.9 Å². The lowest BCUT2D eigenvalue weighted by molar-refractivity contribution is 0.232. The summed E-state index contributed by atoms with van der Waals surface area (Å²) in [7, 11) is 0. The van der Waals surface area contributed by atoms with Gasteiger partial charge in [-0.05, 0) is 50.2 Å². The van der Waals surface area contributed by atoms with E-state index < -0.39 is 0 Å². The first-order valence-corrected chi connectivity index (χ1v) is 8.98. The molecular weight excluding hydrogens is 347 g/mol. The van der Waals surface area contributed by atoms with Gasteiger partial charge in [-0.15, -0.1) is 0 Å². The Hall–Kier alpha value is -3.09. The van der Waals surface area contributed by atoms with E-state index in [0.29, 0.717) is 30.0 Å². The number of halogens is 1. The molecule has 0 saturated carbocycles. The Bertz CT molecular complexity index is 999. The van der Waals surface area contributed by atoms with Crippen LogP contribution in [0, 0.1) is 5.82 Å². The predicted octanol–water partition coefficient (Wildman–Crippen LogP) is 4.40. The Kier molecular flexibility index (Phi) is 4.43. The maximum absolute atomic E-state index is 13.6. The number of benzene rings is 2. The number of fused-ring (bicyclic) bond motifs is 2. The minimum atomic E-state index is -0.348. The Balaban J connectivity index is 1.51. The van der Waals surface area contributed by atoms with Crippen LogP contribution in [0.2, 0.25) is 0 Å². The maximum Gasteiger partial charge on any atom is 0.319 e. The van der Waals surface area contributed by atoms with Gasteiger partial charge in [-0.1, -0.05) is 0 Å². The average Bonchev–Trinajstić information content (AvgIpc) is 3.05. The second-order valence-corrected chi connectivity index (χ2v) is 6.93. The van der Waals surface area contributed by atoms with E-state index in [2.05, 4.69) is 29.6 Å². The first-order chi connectivity index (χ1) is 13.0. The van der Waals surface area contributed by atoms with Crippen molar-refractivity contribution in [1.29, 1.82) is 0 Å². The van der Waals surface area contributed by atoms with Crippen LogP contribution < -0.4 is 15.4 Å². The third-order valence-corrected chi connectivity index (χ3v) is 4.66. The van der Waals surface area contributed by atoms with E-state index in [1.807, 2.05) is 29.1 Å². The summed E-state index contributed by atoms with van der Waals surface area (Å²) in [5.41, 5.74) is 2.29. The molecule has 4 rings (SSSR count). The summed E-state index contributed by atoms with van der Waals surface area (Å²) < 4.78 is 21.0. The normalized spacial score (nSPS) is 16.1. The molecule has 6 nitrogen and oxygen atoms in total. The number of ether oxygens (including phenoxy) is 1. The summed E-state index contributed by atoms with van der Waals surface area (Å²) in [5, 5.41) is 11.2. The predicted molar refractivity (Wildman–Crippen MR) is 102 cm³/mol. The van der Waals surface area contributed by atoms with E-state index in [1.165, 1.54) is 12.1 Å². The molecule has 1 aromatic heterocycles. The van der Waals surface area contributed by atoms with Gasteiger partial charge in [-0.25, -0.2) is 9.18 Å². The number of hydrogen-bond donors (Lipinski definition) is 2. The zero-order chi connectivity index (χ0) is 19.0. The van der Waals surface area contributed by atoms with Crippen molar-refractivity contribution >= 4 is 22.6 Å². The highest BCUT2D eigenvalue weighted by molar-refractivity contribution is 5.92. The summed E-state index contributed by atoms with van der Waals surface area (Å²) >= 11 is 0. The highest BCUT2D eigenvalue weighted by atomic mass is 19.1. The quantitative estimate of drug-likeness (QED) is 0.720. The van der Waals surface area contributed by atoms with E-state index in [0.717, 1.165) is 10.9 Å². The summed E-state index contributed by atoms with van der Waals surface area (Å²) in [6.07, 6.45) is 2.40. The molecule has 7 heteroatoms. The molecule has 2 aromatic carbocycles. The topological polar surface area (TPSA) is 68.2 Å². The second kappa shape index (κ2) is 6.90. The van der Waals surface area contributed by atoms with Crippen LogP contribution in [-0.2, 0) is 0 Å². The van der Waals surface area contributed by atoms with Gasteiger partial charge in [-0.2, -0.15) is 5.10 Å². The molecule has 1 atom stereocenters. The van der Waals surface area contributed by atoms with Crippen molar-refractivity contribution in [3.05, 3.63) is 54.0 Å². The molecule has 0 radical (unpaired) electrons. The van der Waals surface area contributed by atoms with Gasteiger partial charge in [0.2, 0.25) is 0 Å². The molecule has 1 unspecified atom stereocenters. The van der Waals surface area contributed by atoms with E-state index >= 15 is 0 Å². The maximum atomic E-state index is 13.6. The van der Waals surface area contributed by atoms with Gasteiger partial charge >= 0.3 is 6.03 Å². The largest absolute Gasteiger partial charge is 0.493 e. The number of nitrogens with zero attached hydrogens (tertiary/aromatic N) is 2. The molecule has 0 aliphatic carbocycles. The lowest BCUT2D eigenvalue weighted by Crippen LogP contribution is -2.35. The van der Waals surface area contributed by atoms with Crippen molar-refractivity contribution in [2.45, 2.75) is 32.4 Å². The molecule has 27 heavy (non-hydrogen) atoms. The van der Waals surface area contributed by atoms with Gasteiger partial charge in [0.1, 0.15) is 11.6 Å². The summed E-state index contributed by atoms with van der Waals surface area (Å²) in [5.74, 6) is 0.258. The summed E-state index contributed by atoms with van der Waals surface area (Å²) in [6.45, 7) is 4.59. The van der Waals surface area contributed by atoms with Crippen molar-refractivity contribution in [3.63, 3.8) is 0 Å². The number of anilines is 1. The monoisotopic (exact) mass is 368 g/mol. The molecule has 0 fully saturated rings. The van der Waals surface area contributed by atoms with Gasteiger partial charge in [0.25, 0.3) is 0 Å². The fourth-order valence-corrected chi connectivity index (χ4v) is 3.37. The van der Waals surface area contributed by atoms with Gasteiger partial charge in [0.15, 0.2) is 0 Å². The van der Waals surface area contributed by atoms with Crippen molar-refractivity contribution < 1.29 is 13.9 Å². The fraction of sp³-hybridized carbons (Fsp3) is 0.300. The molecule has 2 heterocycles. The van der Waals surface area contributed by atoms with Crippen molar-refractivity contribution in [3.8, 4) is 5.75 Å². The lowest BCUT2D eigenvalue weighted by atomic mass is 10.0. The first-order valence-electron chi connectivity index (χ1n) is 8.98. The van der Waals surface area contributed by atoms with E-state index in [4.69, 9.17) is 4.74 Å². The number of carbonyl (C=O) groups excluding carboxylic acids is 1. The van der Waals surface area contributed by atoms with Gasteiger partial charge in [0.05, 0.1) is 24.4 Å². The third-order valence-electron chi connectivity index (χ3n) is 4.66. The third kappa shape index (κ3) is 3.45. The number of aromatic nitrogens is 2. The molecule has 2 amide bonds. The van der Waals surface area contributed by atoms with Crippen LogP contribution in [0.15, 0.2) is 42.6 Å². The molecule has 3 aromatic rings. The van der Waals surface area contributed by atoms with Crippen LogP contribution in [0.3, 0.4) is 0 Å². The van der Waals surface area contributed by atoms with Crippen molar-refractivity contribution in [2.24, 2.45) is 0 Å². The SMILES string of the molecule is CC(C)n1ncc2ccc(NC(=O)NC3CCOc4ccc(F)cc43)cc21. The number of urea groups is 1. The molecule has 0 spiro atoms. The molecule has 1 aliphatic rings. The molecule has 0 bridgehead atoms. The van der Waals surface area contributed by atoms with E-state index in [9.17, 15) is 9.18 Å². The average molecular weight is 368 g/mol. The Morgan fingerprint density at radius 1 is 1.30 bits per heavy atom. The number of nitrogens with one attached hydrogen (secondary N) is 2. The zero-order valence-corrected chi connectivity index (χ0v) is 15.2. The smallest absolute Gasteiger partial charge is 0.319 e. The fourth-order valence-electron chi connectivity index (χ4n) is 3.37. The molecule has 2 N–H and O–H groups in total. The zero-order valence-electron chi connectivity index (χ0n) is 15.2. The van der Waals surface area contributed by atoms with Crippen LogP contribution in [0.5, 0.6) is 5.75 Å². The van der Waals surface area contributed by atoms with Crippen LogP contribution in [0.25, 0.3) is 10.9 Å². The first kappa shape index (κ1) is 17.3. The molecule has 140 valence electrons. The summed E-state index contributed by atoms with van der Waals surface area (Å²) in [6, 6.07) is 9.61. The Labute approximate surface area is 156 Å². The lowest BCUT2D eigenvalue weighted by Gasteiger charge is -2.26. The minimum absolute atomic E-state index is 0.222. The van der Waals surface area contributed by atoms with Crippen molar-refractivity contribution in [2.75, 3.05) is 11.9 Å².